The van der Waals surface area contributed by atoms with Crippen LogP contribution in [0.25, 0.3) is 0 Å². The summed E-state index contributed by atoms with van der Waals surface area (Å²) in [6.07, 6.45) is -0.634. The van der Waals surface area contributed by atoms with Crippen LogP contribution in [0, 0.1) is 6.92 Å². The van der Waals surface area contributed by atoms with Crippen LogP contribution in [0.4, 0.5) is 0 Å². The molecular weight excluding hydrogens is 130 g/mol. The highest BCUT2D eigenvalue weighted by atomic mass is 16.3. The number of hydrogen-bond acceptors (Lipinski definition) is 3. The van der Waals surface area contributed by atoms with Gasteiger partial charge in [0, 0.05) is 12.2 Å². The maximum atomic E-state index is 9.14. The maximum absolute atomic E-state index is 9.14. The number of nitrogens with zero attached hydrogens (tertiary/aromatic N) is 1. The van der Waals surface area contributed by atoms with E-state index < -0.39 is 6.10 Å². The summed E-state index contributed by atoms with van der Waals surface area (Å²) in [6.45, 7) is 2.09. The number of aromatic nitrogens is 2. The molecule has 0 aromatic carbocycles. The standard InChI is InChI=1S/C6H11N3O/c1-4-2-5(9-8-4)6(10)3-7/h2,6,10H,3,7H2,1H3,(H,8,9)/t6-/m1/s1. The maximum Gasteiger partial charge on any atom is 0.110 e. The van der Waals surface area contributed by atoms with E-state index in [1.54, 1.807) is 6.07 Å². The van der Waals surface area contributed by atoms with Crippen LogP contribution in [-0.4, -0.2) is 21.8 Å². The third kappa shape index (κ3) is 1.34. The van der Waals surface area contributed by atoms with Crippen molar-refractivity contribution in [2.24, 2.45) is 5.73 Å². The van der Waals surface area contributed by atoms with E-state index in [0.717, 1.165) is 5.69 Å². The SMILES string of the molecule is Cc1cc([C@H](O)CN)n[nH]1. The van der Waals surface area contributed by atoms with Crippen molar-refractivity contribution in [3.63, 3.8) is 0 Å². The Morgan fingerprint density at radius 2 is 2.60 bits per heavy atom. The van der Waals surface area contributed by atoms with Crippen molar-refractivity contribution < 1.29 is 5.11 Å². The second-order valence-corrected chi connectivity index (χ2v) is 2.23. The van der Waals surface area contributed by atoms with Crippen LogP contribution in [0.1, 0.15) is 17.5 Å². The fourth-order valence-electron chi connectivity index (χ4n) is 0.731. The van der Waals surface area contributed by atoms with Gasteiger partial charge in [-0.1, -0.05) is 0 Å². The lowest BCUT2D eigenvalue weighted by Crippen LogP contribution is -2.11. The normalized spacial score (nSPS) is 13.5. The zero-order valence-electron chi connectivity index (χ0n) is 5.83. The number of aromatic amines is 1. The summed E-state index contributed by atoms with van der Waals surface area (Å²) < 4.78 is 0. The van der Waals surface area contributed by atoms with E-state index >= 15 is 0 Å². The minimum Gasteiger partial charge on any atom is -0.385 e. The molecule has 4 heteroatoms. The Balaban J connectivity index is 2.74. The summed E-state index contributed by atoms with van der Waals surface area (Å²) in [5.74, 6) is 0. The lowest BCUT2D eigenvalue weighted by molar-refractivity contribution is 0.182. The molecule has 0 aliphatic heterocycles. The van der Waals surface area contributed by atoms with Crippen LogP contribution >= 0.6 is 0 Å². The quantitative estimate of drug-likeness (QED) is 0.529. The molecule has 0 saturated carbocycles. The summed E-state index contributed by atoms with van der Waals surface area (Å²) in [6, 6.07) is 1.78. The van der Waals surface area contributed by atoms with Gasteiger partial charge in [-0.15, -0.1) is 0 Å². The molecule has 0 radical (unpaired) electrons. The van der Waals surface area contributed by atoms with E-state index in [-0.39, 0.29) is 6.54 Å². The molecule has 4 N–H and O–H groups in total. The first-order valence-electron chi connectivity index (χ1n) is 3.14. The molecule has 1 aromatic rings. The molecule has 0 spiro atoms. The average Bonchev–Trinajstić information content (AvgIpc) is 2.34. The molecule has 1 atom stereocenters. The second kappa shape index (κ2) is 2.81. The van der Waals surface area contributed by atoms with E-state index in [2.05, 4.69) is 10.2 Å². The van der Waals surface area contributed by atoms with Crippen LogP contribution in [0.15, 0.2) is 6.07 Å². The Morgan fingerprint density at radius 1 is 1.90 bits per heavy atom. The minimum absolute atomic E-state index is 0.213. The summed E-state index contributed by atoms with van der Waals surface area (Å²) in [5, 5.41) is 15.7. The van der Waals surface area contributed by atoms with E-state index in [9.17, 15) is 0 Å². The number of H-pyrrole nitrogens is 1. The van der Waals surface area contributed by atoms with Crippen LogP contribution in [-0.2, 0) is 0 Å². The summed E-state index contributed by atoms with van der Waals surface area (Å²) in [4.78, 5) is 0. The van der Waals surface area contributed by atoms with Gasteiger partial charge in [-0.25, -0.2) is 0 Å². The van der Waals surface area contributed by atoms with Crippen molar-refractivity contribution in [1.29, 1.82) is 0 Å². The lowest BCUT2D eigenvalue weighted by atomic mass is 10.2. The number of nitrogens with one attached hydrogen (secondary N) is 1. The van der Waals surface area contributed by atoms with E-state index in [0.29, 0.717) is 5.69 Å². The highest BCUT2D eigenvalue weighted by Crippen LogP contribution is 2.07. The topological polar surface area (TPSA) is 74.9 Å². The molecule has 1 aromatic heterocycles. The number of rotatable bonds is 2. The van der Waals surface area contributed by atoms with Gasteiger partial charge in [-0.05, 0) is 13.0 Å². The van der Waals surface area contributed by atoms with Crippen LogP contribution in [0.3, 0.4) is 0 Å². The van der Waals surface area contributed by atoms with Crippen molar-refractivity contribution in [3.05, 3.63) is 17.5 Å². The van der Waals surface area contributed by atoms with Crippen LogP contribution in [0.5, 0.6) is 0 Å². The molecule has 0 aliphatic carbocycles. The monoisotopic (exact) mass is 141 g/mol. The molecule has 0 unspecified atom stereocenters. The highest BCUT2D eigenvalue weighted by molar-refractivity contribution is 5.09. The Kier molecular flexibility index (Phi) is 2.03. The van der Waals surface area contributed by atoms with Crippen molar-refractivity contribution in [1.82, 2.24) is 10.2 Å². The Morgan fingerprint density at radius 3 is 3.00 bits per heavy atom. The molecule has 0 saturated heterocycles. The summed E-state index contributed by atoms with van der Waals surface area (Å²) in [7, 11) is 0. The number of aryl methyl sites for hydroxylation is 1. The second-order valence-electron chi connectivity index (χ2n) is 2.23. The highest BCUT2D eigenvalue weighted by Gasteiger charge is 2.06. The predicted molar refractivity (Wildman–Crippen MR) is 37.3 cm³/mol. The minimum atomic E-state index is -0.634. The van der Waals surface area contributed by atoms with Crippen LogP contribution < -0.4 is 5.73 Å². The molecule has 1 heterocycles. The summed E-state index contributed by atoms with van der Waals surface area (Å²) >= 11 is 0. The molecule has 56 valence electrons. The van der Waals surface area contributed by atoms with Gasteiger partial charge in [0.2, 0.25) is 0 Å². The van der Waals surface area contributed by atoms with Gasteiger partial charge in [0.1, 0.15) is 6.10 Å². The lowest BCUT2D eigenvalue weighted by Gasteiger charge is -2.00. The first kappa shape index (κ1) is 7.24. The molecule has 0 aliphatic rings. The largest absolute Gasteiger partial charge is 0.385 e. The van der Waals surface area contributed by atoms with Gasteiger partial charge in [-0.2, -0.15) is 5.10 Å². The van der Waals surface area contributed by atoms with E-state index in [4.69, 9.17) is 10.8 Å². The molecular formula is C6H11N3O. The number of aliphatic hydroxyl groups excluding tert-OH is 1. The van der Waals surface area contributed by atoms with Gasteiger partial charge in [-0.3, -0.25) is 5.10 Å². The van der Waals surface area contributed by atoms with Crippen molar-refractivity contribution >= 4 is 0 Å². The zero-order chi connectivity index (χ0) is 7.56. The first-order chi connectivity index (χ1) is 4.74. The van der Waals surface area contributed by atoms with Gasteiger partial charge in [0.05, 0.1) is 5.69 Å². The molecule has 1 rings (SSSR count). The number of hydrogen-bond donors (Lipinski definition) is 3. The van der Waals surface area contributed by atoms with Crippen molar-refractivity contribution in [2.75, 3.05) is 6.54 Å². The number of nitrogens with two attached hydrogens (primary N) is 1. The Labute approximate surface area is 59.1 Å². The Hall–Kier alpha value is -0.870. The fraction of sp³-hybridized carbons (Fsp3) is 0.500. The molecule has 4 nitrogen and oxygen atoms in total. The van der Waals surface area contributed by atoms with Gasteiger partial charge in [0.25, 0.3) is 0 Å². The first-order valence-corrected chi connectivity index (χ1v) is 3.14. The zero-order valence-corrected chi connectivity index (χ0v) is 5.83. The van der Waals surface area contributed by atoms with Crippen LogP contribution in [0.2, 0.25) is 0 Å². The Bertz CT molecular complexity index is 209. The third-order valence-electron chi connectivity index (χ3n) is 1.29. The third-order valence-corrected chi connectivity index (χ3v) is 1.29. The fourth-order valence-corrected chi connectivity index (χ4v) is 0.731. The average molecular weight is 141 g/mol. The molecule has 10 heavy (non-hydrogen) atoms. The van der Waals surface area contributed by atoms with Gasteiger partial charge in [0.15, 0.2) is 0 Å². The van der Waals surface area contributed by atoms with Gasteiger partial charge < -0.3 is 10.8 Å². The van der Waals surface area contributed by atoms with E-state index in [1.165, 1.54) is 0 Å². The van der Waals surface area contributed by atoms with Crippen molar-refractivity contribution in [2.45, 2.75) is 13.0 Å². The molecule has 0 fully saturated rings. The summed E-state index contributed by atoms with van der Waals surface area (Å²) in [5.41, 5.74) is 6.75. The van der Waals surface area contributed by atoms with Crippen molar-refractivity contribution in [3.8, 4) is 0 Å². The van der Waals surface area contributed by atoms with Gasteiger partial charge >= 0.3 is 0 Å². The number of aliphatic hydroxyl groups is 1. The predicted octanol–water partition coefficient (Wildman–Crippen LogP) is -0.290. The van der Waals surface area contributed by atoms with E-state index in [1.807, 2.05) is 6.92 Å². The smallest absolute Gasteiger partial charge is 0.110 e. The molecule has 0 amide bonds. The molecule has 0 bridgehead atoms.